The Labute approximate surface area is 156 Å². The van der Waals surface area contributed by atoms with E-state index < -0.39 is 0 Å². The molecule has 0 bridgehead atoms. The average molecular weight is 366 g/mol. The molecule has 138 valence electrons. The fourth-order valence-electron chi connectivity index (χ4n) is 2.64. The lowest BCUT2D eigenvalue weighted by Gasteiger charge is -2.15. The first-order valence-corrected chi connectivity index (χ1v) is 8.53. The summed E-state index contributed by atoms with van der Waals surface area (Å²) in [6, 6.07) is 5.37. The number of hydrogen-bond acceptors (Lipinski definition) is 3. The van der Waals surface area contributed by atoms with Crippen molar-refractivity contribution in [2.75, 3.05) is 25.0 Å². The number of nitrogens with one attached hydrogen (secondary N) is 3. The lowest BCUT2D eigenvalue weighted by molar-refractivity contribution is -0.116. The molecular weight excluding hydrogens is 338 g/mol. The van der Waals surface area contributed by atoms with Crippen LogP contribution in [0.25, 0.3) is 0 Å². The molecule has 0 atom stereocenters. The molecule has 1 aliphatic heterocycles. The first-order chi connectivity index (χ1) is 11.5. The molecule has 0 fully saturated rings. The Morgan fingerprint density at radius 2 is 2.04 bits per heavy atom. The lowest BCUT2D eigenvalue weighted by atomic mass is 10.1. The molecule has 25 heavy (non-hydrogen) atoms. The van der Waals surface area contributed by atoms with E-state index in [0.717, 1.165) is 30.8 Å². The highest BCUT2D eigenvalue weighted by Gasteiger charge is 2.11. The fourth-order valence-corrected chi connectivity index (χ4v) is 2.64. The lowest BCUT2D eigenvalue weighted by Crippen LogP contribution is -2.29. The molecule has 1 aliphatic rings. The number of anilines is 1. The molecule has 0 unspecified atom stereocenters. The summed E-state index contributed by atoms with van der Waals surface area (Å²) >= 11 is 0. The van der Waals surface area contributed by atoms with Crippen molar-refractivity contribution in [3.05, 3.63) is 41.0 Å². The zero-order valence-corrected chi connectivity index (χ0v) is 16.0. The number of benzene rings is 1. The second-order valence-electron chi connectivity index (χ2n) is 6.68. The number of hydrogen-bond donors (Lipinski definition) is 3. The molecule has 5 nitrogen and oxygen atoms in total. The SMILES string of the molecule is Cc1cc(C(=O)NCC2=CCNCC2)ccc1NC(=O)CC(C)C.Cl. The van der Waals surface area contributed by atoms with Crippen LogP contribution in [0.3, 0.4) is 0 Å². The van der Waals surface area contributed by atoms with Crippen molar-refractivity contribution in [1.82, 2.24) is 10.6 Å². The van der Waals surface area contributed by atoms with E-state index in [1.54, 1.807) is 12.1 Å². The molecule has 0 saturated carbocycles. The standard InChI is InChI=1S/C19H27N3O2.ClH/c1-13(2)10-18(23)22-17-5-4-16(11-14(17)3)19(24)21-12-15-6-8-20-9-7-15;/h4-6,11,13,20H,7-10,12H2,1-3H3,(H,21,24)(H,22,23);1H. The predicted molar refractivity (Wildman–Crippen MR) is 104 cm³/mol. The van der Waals surface area contributed by atoms with Crippen molar-refractivity contribution in [3.63, 3.8) is 0 Å². The monoisotopic (exact) mass is 365 g/mol. The largest absolute Gasteiger partial charge is 0.348 e. The Hall–Kier alpha value is -1.85. The van der Waals surface area contributed by atoms with E-state index in [1.165, 1.54) is 5.57 Å². The predicted octanol–water partition coefficient (Wildman–Crippen LogP) is 3.05. The van der Waals surface area contributed by atoms with E-state index in [0.29, 0.717) is 24.4 Å². The number of aryl methyl sites for hydroxylation is 1. The van der Waals surface area contributed by atoms with Crippen LogP contribution < -0.4 is 16.0 Å². The summed E-state index contributed by atoms with van der Waals surface area (Å²) in [7, 11) is 0. The van der Waals surface area contributed by atoms with E-state index in [9.17, 15) is 9.59 Å². The summed E-state index contributed by atoms with van der Waals surface area (Å²) in [5, 5.41) is 9.12. The third kappa shape index (κ3) is 6.88. The number of rotatable bonds is 6. The molecule has 1 heterocycles. The van der Waals surface area contributed by atoms with Crippen LogP contribution in [0.5, 0.6) is 0 Å². The fraction of sp³-hybridized carbons (Fsp3) is 0.474. The van der Waals surface area contributed by atoms with Gasteiger partial charge in [0.2, 0.25) is 5.91 Å². The maximum absolute atomic E-state index is 12.3. The highest BCUT2D eigenvalue weighted by molar-refractivity contribution is 5.96. The molecule has 0 radical (unpaired) electrons. The first-order valence-electron chi connectivity index (χ1n) is 8.53. The zero-order chi connectivity index (χ0) is 17.5. The summed E-state index contributed by atoms with van der Waals surface area (Å²) in [4.78, 5) is 24.1. The van der Waals surface area contributed by atoms with Crippen molar-refractivity contribution >= 4 is 29.9 Å². The number of halogens is 1. The third-order valence-electron chi connectivity index (χ3n) is 3.99. The van der Waals surface area contributed by atoms with Crippen LogP contribution in [0.2, 0.25) is 0 Å². The van der Waals surface area contributed by atoms with Gasteiger partial charge in [0.25, 0.3) is 5.91 Å². The molecular formula is C19H28ClN3O2. The summed E-state index contributed by atoms with van der Waals surface area (Å²) in [6.07, 6.45) is 3.59. The Morgan fingerprint density at radius 3 is 2.64 bits per heavy atom. The van der Waals surface area contributed by atoms with Crippen molar-refractivity contribution in [1.29, 1.82) is 0 Å². The normalized spacial score (nSPS) is 13.7. The van der Waals surface area contributed by atoms with E-state index in [-0.39, 0.29) is 24.2 Å². The van der Waals surface area contributed by atoms with Gasteiger partial charge in [-0.05, 0) is 49.6 Å². The molecule has 0 saturated heterocycles. The maximum Gasteiger partial charge on any atom is 0.251 e. The van der Waals surface area contributed by atoms with Gasteiger partial charge in [0.15, 0.2) is 0 Å². The van der Waals surface area contributed by atoms with Crippen LogP contribution in [0.15, 0.2) is 29.8 Å². The van der Waals surface area contributed by atoms with Crippen LogP contribution in [0.4, 0.5) is 5.69 Å². The molecule has 1 aromatic carbocycles. The van der Waals surface area contributed by atoms with Crippen LogP contribution >= 0.6 is 12.4 Å². The number of amides is 2. The van der Waals surface area contributed by atoms with Gasteiger partial charge in [-0.2, -0.15) is 0 Å². The topological polar surface area (TPSA) is 70.2 Å². The second kappa shape index (κ2) is 10.2. The van der Waals surface area contributed by atoms with Crippen molar-refractivity contribution in [2.45, 2.75) is 33.6 Å². The minimum absolute atomic E-state index is 0. The van der Waals surface area contributed by atoms with Gasteiger partial charge in [-0.1, -0.05) is 25.5 Å². The summed E-state index contributed by atoms with van der Waals surface area (Å²) in [6.45, 7) is 8.35. The summed E-state index contributed by atoms with van der Waals surface area (Å²) in [5.41, 5.74) is 3.53. The van der Waals surface area contributed by atoms with E-state index in [1.807, 2.05) is 26.8 Å². The Bertz CT molecular complexity index is 642. The quantitative estimate of drug-likeness (QED) is 0.678. The molecule has 3 N–H and O–H groups in total. The second-order valence-corrected chi connectivity index (χ2v) is 6.68. The molecule has 6 heteroatoms. The van der Waals surface area contributed by atoms with Gasteiger partial charge in [0.05, 0.1) is 0 Å². The van der Waals surface area contributed by atoms with Gasteiger partial charge in [-0.3, -0.25) is 9.59 Å². The smallest absolute Gasteiger partial charge is 0.251 e. The molecule has 0 aliphatic carbocycles. The van der Waals surface area contributed by atoms with Gasteiger partial charge in [0, 0.05) is 30.8 Å². The van der Waals surface area contributed by atoms with E-state index in [4.69, 9.17) is 0 Å². The van der Waals surface area contributed by atoms with Gasteiger partial charge in [-0.25, -0.2) is 0 Å². The highest BCUT2D eigenvalue weighted by Crippen LogP contribution is 2.17. The van der Waals surface area contributed by atoms with Crippen LogP contribution in [0, 0.1) is 12.8 Å². The Morgan fingerprint density at radius 1 is 1.28 bits per heavy atom. The van der Waals surface area contributed by atoms with Gasteiger partial charge < -0.3 is 16.0 Å². The zero-order valence-electron chi connectivity index (χ0n) is 15.1. The molecule has 2 amide bonds. The average Bonchev–Trinajstić information content (AvgIpc) is 2.54. The van der Waals surface area contributed by atoms with Gasteiger partial charge >= 0.3 is 0 Å². The highest BCUT2D eigenvalue weighted by atomic mass is 35.5. The van der Waals surface area contributed by atoms with Crippen molar-refractivity contribution in [2.24, 2.45) is 5.92 Å². The molecule has 0 aromatic heterocycles. The molecule has 0 spiro atoms. The van der Waals surface area contributed by atoms with Crippen LogP contribution in [-0.2, 0) is 4.79 Å². The summed E-state index contributed by atoms with van der Waals surface area (Å²) in [5.74, 6) is 0.236. The Balaban J connectivity index is 0.00000312. The van der Waals surface area contributed by atoms with Gasteiger partial charge in [-0.15, -0.1) is 12.4 Å². The molecule has 1 aromatic rings. The third-order valence-corrected chi connectivity index (χ3v) is 3.99. The maximum atomic E-state index is 12.3. The Kier molecular flexibility index (Phi) is 8.66. The minimum atomic E-state index is -0.0856. The minimum Gasteiger partial charge on any atom is -0.348 e. The number of carbonyl (C=O) groups is 2. The van der Waals surface area contributed by atoms with E-state index >= 15 is 0 Å². The van der Waals surface area contributed by atoms with Crippen molar-refractivity contribution < 1.29 is 9.59 Å². The number of carbonyl (C=O) groups excluding carboxylic acids is 2. The van der Waals surface area contributed by atoms with E-state index in [2.05, 4.69) is 22.0 Å². The van der Waals surface area contributed by atoms with Crippen LogP contribution in [0.1, 0.15) is 42.6 Å². The first kappa shape index (κ1) is 21.2. The van der Waals surface area contributed by atoms with Gasteiger partial charge in [0.1, 0.15) is 0 Å². The summed E-state index contributed by atoms with van der Waals surface area (Å²) < 4.78 is 0. The van der Waals surface area contributed by atoms with Crippen LogP contribution in [-0.4, -0.2) is 31.4 Å². The van der Waals surface area contributed by atoms with Crippen molar-refractivity contribution in [3.8, 4) is 0 Å². The molecule has 2 rings (SSSR count).